The molecule has 0 saturated heterocycles. The SMILES string of the molecule is CCCCCCCCCCC1=C(/C=C/C(=O)OC)CCC(c2ccccc2)C1. The summed E-state index contributed by atoms with van der Waals surface area (Å²) in [6.07, 6.45) is 18.9. The number of ether oxygens (including phenoxy) is 1. The van der Waals surface area contributed by atoms with Gasteiger partial charge in [-0.25, -0.2) is 4.79 Å². The Kier molecular flexibility index (Phi) is 10.7. The van der Waals surface area contributed by atoms with Gasteiger partial charge in [-0.05, 0) is 49.2 Å². The standard InChI is InChI=1S/C26H38O2/c1-3-4-5-6-7-8-9-11-16-24-21-25(22-14-12-10-13-15-22)18-17-23(24)19-20-26(27)28-2/h10,12-15,19-20,25H,3-9,11,16-18,21H2,1-2H3/b20-19+. The van der Waals surface area contributed by atoms with E-state index in [1.165, 1.54) is 76.0 Å². The van der Waals surface area contributed by atoms with Crippen LogP contribution in [0.4, 0.5) is 0 Å². The highest BCUT2D eigenvalue weighted by Gasteiger charge is 2.21. The maximum atomic E-state index is 11.5. The Morgan fingerprint density at radius 2 is 1.71 bits per heavy atom. The summed E-state index contributed by atoms with van der Waals surface area (Å²) in [6, 6.07) is 10.9. The van der Waals surface area contributed by atoms with Crippen molar-refractivity contribution in [2.45, 2.75) is 89.9 Å². The first-order valence-electron chi connectivity index (χ1n) is 11.3. The number of benzene rings is 1. The second kappa shape index (κ2) is 13.4. The second-order valence-corrected chi connectivity index (χ2v) is 8.06. The van der Waals surface area contributed by atoms with E-state index < -0.39 is 0 Å². The molecule has 1 aromatic rings. The Bertz CT molecular complexity index is 627. The number of allylic oxidation sites excluding steroid dienone is 3. The Balaban J connectivity index is 1.91. The molecule has 0 N–H and O–H groups in total. The summed E-state index contributed by atoms with van der Waals surface area (Å²) in [4.78, 5) is 11.5. The Hall–Kier alpha value is -1.83. The van der Waals surface area contributed by atoms with Crippen molar-refractivity contribution in [2.24, 2.45) is 0 Å². The number of esters is 1. The van der Waals surface area contributed by atoms with E-state index in [2.05, 4.69) is 37.3 Å². The summed E-state index contributed by atoms with van der Waals surface area (Å²) in [6.45, 7) is 2.27. The van der Waals surface area contributed by atoms with Crippen LogP contribution in [0.3, 0.4) is 0 Å². The average molecular weight is 383 g/mol. The van der Waals surface area contributed by atoms with Crippen molar-refractivity contribution in [3.8, 4) is 0 Å². The molecule has 1 unspecified atom stereocenters. The third-order valence-electron chi connectivity index (χ3n) is 5.93. The van der Waals surface area contributed by atoms with Crippen molar-refractivity contribution in [2.75, 3.05) is 7.11 Å². The number of carbonyl (C=O) groups excluding carboxylic acids is 1. The Morgan fingerprint density at radius 1 is 1.04 bits per heavy atom. The number of hydrogen-bond donors (Lipinski definition) is 0. The summed E-state index contributed by atoms with van der Waals surface area (Å²) in [5.74, 6) is 0.352. The maximum absolute atomic E-state index is 11.5. The van der Waals surface area contributed by atoms with Gasteiger partial charge in [-0.3, -0.25) is 0 Å². The lowest BCUT2D eigenvalue weighted by molar-refractivity contribution is -0.134. The topological polar surface area (TPSA) is 26.3 Å². The van der Waals surface area contributed by atoms with Gasteiger partial charge in [0, 0.05) is 6.08 Å². The normalized spacial score (nSPS) is 17.3. The fourth-order valence-corrected chi connectivity index (χ4v) is 4.22. The molecule has 0 saturated carbocycles. The first-order chi connectivity index (χ1) is 13.7. The lowest BCUT2D eigenvalue weighted by atomic mass is 9.78. The highest BCUT2D eigenvalue weighted by atomic mass is 16.5. The summed E-state index contributed by atoms with van der Waals surface area (Å²) in [5, 5.41) is 0. The Morgan fingerprint density at radius 3 is 2.39 bits per heavy atom. The molecule has 2 rings (SSSR count). The zero-order valence-corrected chi connectivity index (χ0v) is 17.9. The molecule has 1 aliphatic rings. The summed E-state index contributed by atoms with van der Waals surface area (Å²) in [5.41, 5.74) is 4.36. The van der Waals surface area contributed by atoms with Gasteiger partial charge in [-0.15, -0.1) is 0 Å². The van der Waals surface area contributed by atoms with Gasteiger partial charge in [-0.1, -0.05) is 93.9 Å². The van der Waals surface area contributed by atoms with E-state index in [9.17, 15) is 4.79 Å². The van der Waals surface area contributed by atoms with Crippen LogP contribution in [0.1, 0.15) is 95.5 Å². The van der Waals surface area contributed by atoms with E-state index in [0.717, 1.165) is 19.3 Å². The van der Waals surface area contributed by atoms with Crippen LogP contribution in [-0.2, 0) is 9.53 Å². The van der Waals surface area contributed by atoms with Gasteiger partial charge in [0.15, 0.2) is 0 Å². The van der Waals surface area contributed by atoms with Gasteiger partial charge in [0.2, 0.25) is 0 Å². The van der Waals surface area contributed by atoms with Crippen LogP contribution in [0.15, 0.2) is 53.6 Å². The van der Waals surface area contributed by atoms with Crippen molar-refractivity contribution in [3.63, 3.8) is 0 Å². The van der Waals surface area contributed by atoms with Crippen molar-refractivity contribution in [1.82, 2.24) is 0 Å². The molecule has 2 nitrogen and oxygen atoms in total. The quantitative estimate of drug-likeness (QED) is 0.212. The second-order valence-electron chi connectivity index (χ2n) is 8.06. The van der Waals surface area contributed by atoms with E-state index in [0.29, 0.717) is 5.92 Å². The zero-order chi connectivity index (χ0) is 20.0. The highest BCUT2D eigenvalue weighted by molar-refractivity contribution is 5.82. The molecule has 0 radical (unpaired) electrons. The number of rotatable bonds is 12. The number of unbranched alkanes of at least 4 members (excludes halogenated alkanes) is 7. The lowest BCUT2D eigenvalue weighted by Crippen LogP contribution is -2.09. The van der Waals surface area contributed by atoms with Crippen molar-refractivity contribution in [3.05, 3.63) is 59.2 Å². The Labute approximate surface area is 172 Å². The molecule has 0 fully saturated rings. The van der Waals surface area contributed by atoms with Gasteiger partial charge < -0.3 is 4.74 Å². The first kappa shape index (κ1) is 22.5. The van der Waals surface area contributed by atoms with E-state index >= 15 is 0 Å². The van der Waals surface area contributed by atoms with Crippen molar-refractivity contribution in [1.29, 1.82) is 0 Å². The molecular weight excluding hydrogens is 344 g/mol. The van der Waals surface area contributed by atoms with Crippen LogP contribution in [0.25, 0.3) is 0 Å². The van der Waals surface area contributed by atoms with Crippen LogP contribution in [-0.4, -0.2) is 13.1 Å². The van der Waals surface area contributed by atoms with Crippen LogP contribution < -0.4 is 0 Å². The molecule has 0 bridgehead atoms. The highest BCUT2D eigenvalue weighted by Crippen LogP contribution is 2.38. The third kappa shape index (κ3) is 8.04. The van der Waals surface area contributed by atoms with E-state index in [-0.39, 0.29) is 5.97 Å². The first-order valence-corrected chi connectivity index (χ1v) is 11.3. The fourth-order valence-electron chi connectivity index (χ4n) is 4.22. The van der Waals surface area contributed by atoms with E-state index in [1.54, 1.807) is 11.6 Å². The monoisotopic (exact) mass is 382 g/mol. The van der Waals surface area contributed by atoms with Crippen LogP contribution in [0, 0.1) is 0 Å². The minimum absolute atomic E-state index is 0.260. The predicted molar refractivity (Wildman–Crippen MR) is 118 cm³/mol. The maximum Gasteiger partial charge on any atom is 0.330 e. The summed E-state index contributed by atoms with van der Waals surface area (Å²) >= 11 is 0. The smallest absolute Gasteiger partial charge is 0.330 e. The summed E-state index contributed by atoms with van der Waals surface area (Å²) in [7, 11) is 1.44. The molecule has 2 heteroatoms. The van der Waals surface area contributed by atoms with Gasteiger partial charge in [0.1, 0.15) is 0 Å². The molecule has 0 aromatic heterocycles. The molecule has 154 valence electrons. The largest absolute Gasteiger partial charge is 0.466 e. The summed E-state index contributed by atoms with van der Waals surface area (Å²) < 4.78 is 4.77. The molecule has 1 atom stereocenters. The number of methoxy groups -OCH3 is 1. The van der Waals surface area contributed by atoms with Crippen LogP contribution >= 0.6 is 0 Å². The van der Waals surface area contributed by atoms with Gasteiger partial charge in [0.25, 0.3) is 0 Å². The van der Waals surface area contributed by atoms with Crippen LogP contribution in [0.2, 0.25) is 0 Å². The molecule has 0 heterocycles. The molecule has 28 heavy (non-hydrogen) atoms. The van der Waals surface area contributed by atoms with Gasteiger partial charge in [0.05, 0.1) is 7.11 Å². The molecule has 1 aliphatic carbocycles. The van der Waals surface area contributed by atoms with Gasteiger partial charge >= 0.3 is 5.97 Å². The predicted octanol–water partition coefficient (Wildman–Crippen LogP) is 7.51. The van der Waals surface area contributed by atoms with Crippen molar-refractivity contribution < 1.29 is 9.53 Å². The minimum Gasteiger partial charge on any atom is -0.466 e. The lowest BCUT2D eigenvalue weighted by Gasteiger charge is -2.27. The number of carbonyl (C=O) groups is 1. The third-order valence-corrected chi connectivity index (χ3v) is 5.93. The van der Waals surface area contributed by atoms with Gasteiger partial charge in [-0.2, -0.15) is 0 Å². The number of hydrogen-bond acceptors (Lipinski definition) is 2. The zero-order valence-electron chi connectivity index (χ0n) is 17.9. The molecular formula is C26H38O2. The minimum atomic E-state index is -0.260. The average Bonchev–Trinajstić information content (AvgIpc) is 2.74. The fraction of sp³-hybridized carbons (Fsp3) is 0.577. The van der Waals surface area contributed by atoms with Crippen LogP contribution in [0.5, 0.6) is 0 Å². The molecule has 0 spiro atoms. The van der Waals surface area contributed by atoms with E-state index in [4.69, 9.17) is 4.74 Å². The molecule has 0 aliphatic heterocycles. The van der Waals surface area contributed by atoms with Crippen molar-refractivity contribution >= 4 is 5.97 Å². The molecule has 1 aromatic carbocycles. The van der Waals surface area contributed by atoms with E-state index in [1.807, 2.05) is 6.08 Å². The molecule has 0 amide bonds.